The Bertz CT molecular complexity index is 1160. The van der Waals surface area contributed by atoms with Crippen LogP contribution >= 0.6 is 10.3 Å². The van der Waals surface area contributed by atoms with Gasteiger partial charge < -0.3 is 0 Å². The van der Waals surface area contributed by atoms with Crippen molar-refractivity contribution in [1.29, 1.82) is 0 Å². The predicted molar refractivity (Wildman–Crippen MR) is 99.6 cm³/mol. The number of hydrogen-bond acceptors (Lipinski definition) is 3. The van der Waals surface area contributed by atoms with Crippen molar-refractivity contribution in [3.63, 3.8) is 0 Å². The van der Waals surface area contributed by atoms with Gasteiger partial charge in [-0.1, -0.05) is 28.0 Å². The van der Waals surface area contributed by atoms with E-state index in [0.717, 1.165) is 12.1 Å². The lowest BCUT2D eigenvalue weighted by molar-refractivity contribution is -0.458. The van der Waals surface area contributed by atoms with Crippen molar-refractivity contribution >= 4 is 20.4 Å². The van der Waals surface area contributed by atoms with E-state index in [2.05, 4.69) is 3.63 Å². The van der Waals surface area contributed by atoms with Crippen LogP contribution in [-0.2, 0) is 13.7 Å². The molecule has 1 aromatic carbocycles. The molecule has 0 atom stereocenters. The molecule has 1 rings (SSSR count). The maximum Gasteiger partial charge on any atom is 0.460 e. The van der Waals surface area contributed by atoms with Gasteiger partial charge in [-0.3, -0.25) is 0 Å². The monoisotopic (exact) mass is 652 g/mol. The first-order chi connectivity index (χ1) is 16.7. The van der Waals surface area contributed by atoms with Crippen LogP contribution in [-0.4, -0.2) is 67.9 Å². The summed E-state index contributed by atoms with van der Waals surface area (Å²) in [4.78, 5) is -0.395. The maximum absolute atomic E-state index is 14.2. The molecule has 0 fully saturated rings. The molecule has 22 heteroatoms. The molecule has 39 heavy (non-hydrogen) atoms. The molecule has 0 aliphatic rings. The highest BCUT2D eigenvalue weighted by molar-refractivity contribution is 8.32. The molecular formula is C17H13F17O3S2. The summed E-state index contributed by atoms with van der Waals surface area (Å²) in [7, 11) is -11.4. The van der Waals surface area contributed by atoms with E-state index >= 15 is 0 Å². The second kappa shape index (κ2) is 9.41. The third-order valence-corrected chi connectivity index (χ3v) is 9.22. The Morgan fingerprint density at radius 2 is 0.846 bits per heavy atom. The summed E-state index contributed by atoms with van der Waals surface area (Å²) in [5.41, 5.74) is 0.435. The van der Waals surface area contributed by atoms with Crippen LogP contribution in [0.2, 0.25) is 0 Å². The average Bonchev–Trinajstić information content (AvgIpc) is 2.71. The first kappa shape index (κ1) is 35.3. The average molecular weight is 652 g/mol. The molecule has 0 spiro atoms. The van der Waals surface area contributed by atoms with Crippen LogP contribution in [0, 0.1) is 6.92 Å². The fourth-order valence-electron chi connectivity index (χ4n) is 2.48. The van der Waals surface area contributed by atoms with Crippen molar-refractivity contribution < 1.29 is 86.7 Å². The SMILES string of the molecule is Cc1ccc(S(C)(C)OS(=O)(=O)C(F)(F)C(F)(F)C(F)(F)C(F)(F)C(F)(F)C(F)(F)C(F)(F)C(F)(F)F)cc1. The third-order valence-electron chi connectivity index (χ3n) is 4.86. The van der Waals surface area contributed by atoms with Gasteiger partial charge >= 0.3 is 57.1 Å². The zero-order valence-electron chi connectivity index (χ0n) is 18.8. The number of aryl methyl sites for hydroxylation is 1. The normalized spacial score (nSPS) is 16.4. The van der Waals surface area contributed by atoms with Gasteiger partial charge in [0, 0.05) is 4.90 Å². The molecule has 0 unspecified atom stereocenters. The van der Waals surface area contributed by atoms with Crippen molar-refractivity contribution in [2.75, 3.05) is 12.5 Å². The van der Waals surface area contributed by atoms with E-state index in [0.29, 0.717) is 18.1 Å². The highest BCUT2D eigenvalue weighted by atomic mass is 32.3. The topological polar surface area (TPSA) is 43.4 Å². The fraction of sp³-hybridized carbons (Fsp3) is 0.647. The number of alkyl halides is 17. The van der Waals surface area contributed by atoms with Crippen LogP contribution in [0.3, 0.4) is 0 Å². The van der Waals surface area contributed by atoms with E-state index < -0.39 is 72.3 Å². The van der Waals surface area contributed by atoms with E-state index in [1.165, 1.54) is 19.1 Å². The molecule has 0 radical (unpaired) electrons. The van der Waals surface area contributed by atoms with Gasteiger partial charge in [-0.05, 0) is 31.6 Å². The molecule has 0 saturated carbocycles. The zero-order chi connectivity index (χ0) is 31.7. The minimum absolute atomic E-state index is 0.395. The van der Waals surface area contributed by atoms with Crippen LogP contribution in [0.25, 0.3) is 0 Å². The van der Waals surface area contributed by atoms with Gasteiger partial charge in [-0.2, -0.15) is 83.1 Å². The lowest BCUT2D eigenvalue weighted by Crippen LogP contribution is -2.75. The van der Waals surface area contributed by atoms with Crippen molar-refractivity contribution in [3.05, 3.63) is 29.8 Å². The summed E-state index contributed by atoms with van der Waals surface area (Å²) in [6.07, 6.45) is -6.69. The first-order valence-electron chi connectivity index (χ1n) is 9.18. The predicted octanol–water partition coefficient (Wildman–Crippen LogP) is 7.65. The quantitative estimate of drug-likeness (QED) is 0.244. The molecule has 0 aliphatic heterocycles. The van der Waals surface area contributed by atoms with Gasteiger partial charge in [0.1, 0.15) is 0 Å². The van der Waals surface area contributed by atoms with Crippen molar-refractivity contribution in [1.82, 2.24) is 0 Å². The Morgan fingerprint density at radius 3 is 1.18 bits per heavy atom. The van der Waals surface area contributed by atoms with Crippen LogP contribution in [0.1, 0.15) is 5.56 Å². The van der Waals surface area contributed by atoms with E-state index in [1.54, 1.807) is 0 Å². The molecular weight excluding hydrogens is 639 g/mol. The third kappa shape index (κ3) is 5.01. The summed E-state index contributed by atoms with van der Waals surface area (Å²) in [6.45, 7) is 1.44. The highest BCUT2D eigenvalue weighted by Gasteiger charge is 2.96. The van der Waals surface area contributed by atoms with E-state index in [-0.39, 0.29) is 0 Å². The number of benzene rings is 1. The molecule has 0 N–H and O–H groups in total. The van der Waals surface area contributed by atoms with Crippen LogP contribution in [0.15, 0.2) is 29.2 Å². The van der Waals surface area contributed by atoms with Crippen LogP contribution < -0.4 is 0 Å². The standard InChI is InChI=1S/C17H13F17O3S2/c1-8-4-6-9(7-5-8)38(2,3)37-39(35,36)17(33,34)15(28,29)13(24,25)11(20,21)10(18,19)12(22,23)14(26,27)16(30,31)32/h4-7H,1-3H3. The van der Waals surface area contributed by atoms with Gasteiger partial charge in [-0.15, -0.1) is 0 Å². The van der Waals surface area contributed by atoms with Gasteiger partial charge in [0.05, 0.1) is 0 Å². The molecule has 0 aromatic heterocycles. The van der Waals surface area contributed by atoms with Gasteiger partial charge in [0.2, 0.25) is 0 Å². The Balaban J connectivity index is 3.70. The van der Waals surface area contributed by atoms with Crippen molar-refractivity contribution in [2.45, 2.75) is 58.8 Å². The lowest BCUT2D eigenvalue weighted by atomic mass is 9.91. The van der Waals surface area contributed by atoms with Gasteiger partial charge in [0.15, 0.2) is 0 Å². The largest absolute Gasteiger partial charge is 0.460 e. The Labute approximate surface area is 208 Å². The van der Waals surface area contributed by atoms with E-state index in [9.17, 15) is 83.1 Å². The summed E-state index contributed by atoms with van der Waals surface area (Å²) >= 11 is 0. The molecule has 0 heterocycles. The van der Waals surface area contributed by atoms with Crippen LogP contribution in [0.4, 0.5) is 74.6 Å². The highest BCUT2D eigenvalue weighted by Crippen LogP contribution is 2.65. The molecule has 0 amide bonds. The second-order valence-electron chi connectivity index (χ2n) is 8.03. The van der Waals surface area contributed by atoms with Gasteiger partial charge in [0.25, 0.3) is 0 Å². The molecule has 1 aromatic rings. The minimum Gasteiger partial charge on any atom is -0.211 e. The molecule has 0 bridgehead atoms. The number of hydrogen-bond donors (Lipinski definition) is 0. The first-order valence-corrected chi connectivity index (χ1v) is 13.0. The molecule has 230 valence electrons. The second-order valence-corrected chi connectivity index (χ2v) is 12.9. The fourth-order valence-corrected chi connectivity index (χ4v) is 6.16. The van der Waals surface area contributed by atoms with Crippen LogP contribution in [0.5, 0.6) is 0 Å². The molecule has 0 saturated heterocycles. The summed E-state index contributed by atoms with van der Waals surface area (Å²) < 4.78 is 255. The Kier molecular flexibility index (Phi) is 8.52. The summed E-state index contributed by atoms with van der Waals surface area (Å²) in [6, 6.07) is 4.23. The minimum atomic E-state index is -8.89. The Morgan fingerprint density at radius 1 is 0.538 bits per heavy atom. The summed E-state index contributed by atoms with van der Waals surface area (Å²) in [5, 5.41) is -7.71. The number of halogens is 17. The molecule has 0 aliphatic carbocycles. The van der Waals surface area contributed by atoms with Gasteiger partial charge in [-0.25, -0.2) is 3.63 Å². The van der Waals surface area contributed by atoms with Crippen molar-refractivity contribution in [3.8, 4) is 0 Å². The zero-order valence-corrected chi connectivity index (χ0v) is 20.4. The van der Waals surface area contributed by atoms with E-state index in [4.69, 9.17) is 0 Å². The maximum atomic E-state index is 14.2. The number of rotatable bonds is 10. The van der Waals surface area contributed by atoms with Crippen molar-refractivity contribution in [2.24, 2.45) is 0 Å². The Hall–Kier alpha value is -1.71. The molecule has 3 nitrogen and oxygen atoms in total. The van der Waals surface area contributed by atoms with E-state index in [1.807, 2.05) is 0 Å². The lowest BCUT2D eigenvalue weighted by Gasteiger charge is -2.42. The summed E-state index contributed by atoms with van der Waals surface area (Å²) in [5.74, 6) is -51.9. The smallest absolute Gasteiger partial charge is 0.211 e.